The molecule has 8 heteroatoms. The summed E-state index contributed by atoms with van der Waals surface area (Å²) in [6.07, 6.45) is 2.79. The van der Waals surface area contributed by atoms with Gasteiger partial charge in [0.2, 0.25) is 5.75 Å². The Morgan fingerprint density at radius 2 is 2.10 bits per heavy atom. The third kappa shape index (κ3) is 3.81. The molecule has 1 N–H and O–H groups in total. The summed E-state index contributed by atoms with van der Waals surface area (Å²) in [4.78, 5) is 30.1. The summed E-state index contributed by atoms with van der Waals surface area (Å²) in [5, 5.41) is 10.4. The van der Waals surface area contributed by atoms with Crippen molar-refractivity contribution in [2.75, 3.05) is 6.61 Å². The molecule has 1 fully saturated rings. The van der Waals surface area contributed by atoms with Gasteiger partial charge in [0.1, 0.15) is 11.6 Å². The lowest BCUT2D eigenvalue weighted by atomic mass is 9.79. The van der Waals surface area contributed by atoms with Crippen molar-refractivity contribution in [2.45, 2.75) is 57.1 Å². The maximum absolute atomic E-state index is 13.0. The molecule has 0 amide bonds. The lowest BCUT2D eigenvalue weighted by Crippen LogP contribution is -2.39. The number of halogens is 2. The van der Waals surface area contributed by atoms with Crippen LogP contribution < -0.4 is 5.56 Å². The minimum Gasteiger partial charge on any atom is -0.501 e. The van der Waals surface area contributed by atoms with Crippen LogP contribution in [0.3, 0.4) is 0 Å². The van der Waals surface area contributed by atoms with Gasteiger partial charge in [-0.3, -0.25) is 14.2 Å². The molecule has 0 aliphatic carbocycles. The van der Waals surface area contributed by atoms with Crippen LogP contribution in [-0.2, 0) is 23.1 Å². The number of Topliss-reactive ketones (excluding diaryl/α,β-unsaturated/α-hetero) is 1. The lowest BCUT2D eigenvalue weighted by Gasteiger charge is -2.35. The number of fused-ring (bicyclic) bond motifs is 2. The average molecular weight is 423 g/mol. The van der Waals surface area contributed by atoms with Gasteiger partial charge in [-0.05, 0) is 43.4 Å². The van der Waals surface area contributed by atoms with Crippen molar-refractivity contribution in [3.8, 4) is 5.75 Å². The number of hydrogen-bond acceptors (Lipinski definition) is 5. The van der Waals surface area contributed by atoms with Crippen LogP contribution in [0.1, 0.15) is 54.5 Å². The SMILES string of the molecule is CCC12CCC(Cn3c1nc(C(=O)CCc1ccc(F)cc1)c(O)c3=O)OC2.Cl. The van der Waals surface area contributed by atoms with Crippen molar-refractivity contribution >= 4 is 18.2 Å². The molecule has 1 aromatic carbocycles. The van der Waals surface area contributed by atoms with E-state index in [1.54, 1.807) is 12.1 Å². The fourth-order valence-electron chi connectivity index (χ4n) is 4.17. The Morgan fingerprint density at radius 3 is 2.72 bits per heavy atom. The largest absolute Gasteiger partial charge is 0.501 e. The Morgan fingerprint density at radius 1 is 1.38 bits per heavy atom. The highest BCUT2D eigenvalue weighted by Gasteiger charge is 2.44. The quantitative estimate of drug-likeness (QED) is 0.748. The standard InChI is InChI=1S/C21H23FN2O4.ClH/c1-2-21-10-9-15(28-12-21)11-24-19(27)18(26)17(23-20(21)24)16(25)8-5-13-3-6-14(22)7-4-13;/h3-4,6-7,15,26H,2,5,8-12H2,1H3;1H. The Bertz CT molecular complexity index is 966. The van der Waals surface area contributed by atoms with Gasteiger partial charge in [-0.15, -0.1) is 12.4 Å². The molecule has 2 aromatic rings. The minimum atomic E-state index is -0.597. The summed E-state index contributed by atoms with van der Waals surface area (Å²) in [7, 11) is 0. The van der Waals surface area contributed by atoms with E-state index in [1.165, 1.54) is 16.7 Å². The van der Waals surface area contributed by atoms with E-state index < -0.39 is 22.5 Å². The molecule has 2 unspecified atom stereocenters. The number of ketones is 1. The topological polar surface area (TPSA) is 81.4 Å². The van der Waals surface area contributed by atoms with Gasteiger partial charge in [-0.2, -0.15) is 0 Å². The zero-order valence-electron chi connectivity index (χ0n) is 16.2. The van der Waals surface area contributed by atoms with Gasteiger partial charge >= 0.3 is 0 Å². The van der Waals surface area contributed by atoms with Crippen LogP contribution in [0.5, 0.6) is 5.75 Å². The Kier molecular flexibility index (Phi) is 6.10. The van der Waals surface area contributed by atoms with Crippen LogP contribution in [0, 0.1) is 5.82 Å². The fraction of sp³-hybridized carbons (Fsp3) is 0.476. The Labute approximate surface area is 174 Å². The van der Waals surface area contributed by atoms with Crippen LogP contribution in [0.2, 0.25) is 0 Å². The number of hydrogen-bond donors (Lipinski definition) is 1. The molecule has 3 aliphatic heterocycles. The van der Waals surface area contributed by atoms with Crippen molar-refractivity contribution in [1.29, 1.82) is 0 Å². The molecule has 2 bridgehead atoms. The van der Waals surface area contributed by atoms with Crippen molar-refractivity contribution in [1.82, 2.24) is 9.55 Å². The maximum atomic E-state index is 13.0. The second kappa shape index (κ2) is 8.24. The van der Waals surface area contributed by atoms with Gasteiger partial charge in [0.25, 0.3) is 5.56 Å². The van der Waals surface area contributed by atoms with Crippen LogP contribution in [0.4, 0.5) is 4.39 Å². The molecular weight excluding hydrogens is 399 g/mol. The number of nitrogens with zero attached hydrogens (tertiary/aromatic N) is 2. The molecule has 4 heterocycles. The molecular formula is C21H24ClFN2O4. The zero-order chi connectivity index (χ0) is 19.9. The minimum absolute atomic E-state index is 0. The van der Waals surface area contributed by atoms with Crippen molar-refractivity contribution in [2.24, 2.45) is 0 Å². The molecule has 3 aliphatic rings. The van der Waals surface area contributed by atoms with Gasteiger partial charge in [-0.1, -0.05) is 19.1 Å². The molecule has 0 spiro atoms. The molecule has 2 atom stereocenters. The molecule has 6 nitrogen and oxygen atoms in total. The fourth-order valence-corrected chi connectivity index (χ4v) is 4.17. The number of rotatable bonds is 5. The van der Waals surface area contributed by atoms with E-state index in [9.17, 15) is 19.1 Å². The predicted molar refractivity (Wildman–Crippen MR) is 107 cm³/mol. The first-order valence-corrected chi connectivity index (χ1v) is 9.67. The van der Waals surface area contributed by atoms with E-state index in [1.807, 2.05) is 6.92 Å². The summed E-state index contributed by atoms with van der Waals surface area (Å²) in [6, 6.07) is 5.91. The van der Waals surface area contributed by atoms with Gasteiger partial charge in [0.15, 0.2) is 11.5 Å². The number of aromatic nitrogens is 2. The third-order valence-corrected chi connectivity index (χ3v) is 6.04. The Balaban J connectivity index is 0.00000240. The van der Waals surface area contributed by atoms with Gasteiger partial charge < -0.3 is 9.84 Å². The molecule has 1 aromatic heterocycles. The second-order valence-electron chi connectivity index (χ2n) is 7.70. The first-order valence-electron chi connectivity index (χ1n) is 9.67. The number of aryl methyl sites for hydroxylation is 1. The summed E-state index contributed by atoms with van der Waals surface area (Å²) in [5.74, 6) is -0.785. The zero-order valence-corrected chi connectivity index (χ0v) is 17.0. The van der Waals surface area contributed by atoms with Crippen LogP contribution in [-0.4, -0.2) is 33.2 Å². The van der Waals surface area contributed by atoms with Gasteiger partial charge in [0.05, 0.1) is 24.7 Å². The van der Waals surface area contributed by atoms with Crippen LogP contribution in [0.15, 0.2) is 29.1 Å². The predicted octanol–water partition coefficient (Wildman–Crippen LogP) is 3.17. The second-order valence-corrected chi connectivity index (χ2v) is 7.70. The van der Waals surface area contributed by atoms with E-state index in [2.05, 4.69) is 4.98 Å². The van der Waals surface area contributed by atoms with Crippen LogP contribution >= 0.6 is 12.4 Å². The molecule has 0 radical (unpaired) electrons. The van der Waals surface area contributed by atoms with E-state index >= 15 is 0 Å². The number of aromatic hydroxyl groups is 1. The van der Waals surface area contributed by atoms with E-state index in [4.69, 9.17) is 4.74 Å². The van der Waals surface area contributed by atoms with Gasteiger partial charge in [-0.25, -0.2) is 9.37 Å². The van der Waals surface area contributed by atoms with E-state index in [0.29, 0.717) is 25.4 Å². The number of carbonyl (C=O) groups excluding carboxylic acids is 1. The molecule has 5 rings (SSSR count). The maximum Gasteiger partial charge on any atom is 0.296 e. The van der Waals surface area contributed by atoms with Gasteiger partial charge in [0, 0.05) is 6.42 Å². The highest BCUT2D eigenvalue weighted by Crippen LogP contribution is 2.40. The number of carbonyl (C=O) groups is 1. The monoisotopic (exact) mass is 422 g/mol. The van der Waals surface area contributed by atoms with E-state index in [0.717, 1.165) is 24.8 Å². The highest BCUT2D eigenvalue weighted by molar-refractivity contribution is 5.96. The first-order chi connectivity index (χ1) is 13.4. The van der Waals surface area contributed by atoms with E-state index in [-0.39, 0.29) is 36.4 Å². The normalized spacial score (nSPS) is 22.5. The molecule has 0 saturated carbocycles. The smallest absolute Gasteiger partial charge is 0.296 e. The van der Waals surface area contributed by atoms with Crippen molar-refractivity contribution in [3.63, 3.8) is 0 Å². The first kappa shape index (κ1) is 21.5. The molecule has 29 heavy (non-hydrogen) atoms. The van der Waals surface area contributed by atoms with Crippen molar-refractivity contribution in [3.05, 3.63) is 57.5 Å². The molecule has 156 valence electrons. The molecule has 1 saturated heterocycles. The van der Waals surface area contributed by atoms with Crippen LogP contribution in [0.25, 0.3) is 0 Å². The number of ether oxygens (including phenoxy) is 1. The summed E-state index contributed by atoms with van der Waals surface area (Å²) in [6.45, 7) is 2.84. The van der Waals surface area contributed by atoms with Crippen molar-refractivity contribution < 1.29 is 19.0 Å². The number of benzene rings is 1. The summed E-state index contributed by atoms with van der Waals surface area (Å²) < 4.78 is 20.4. The average Bonchev–Trinajstić information content (AvgIpc) is 2.97. The summed E-state index contributed by atoms with van der Waals surface area (Å²) in [5.41, 5.74) is -0.356. The third-order valence-electron chi connectivity index (χ3n) is 6.04. The summed E-state index contributed by atoms with van der Waals surface area (Å²) >= 11 is 0. The lowest BCUT2D eigenvalue weighted by molar-refractivity contribution is -0.0260. The highest BCUT2D eigenvalue weighted by atomic mass is 35.5. The Hall–Kier alpha value is -2.25.